The summed E-state index contributed by atoms with van der Waals surface area (Å²) in [6.45, 7) is -0.449. The SMILES string of the molecule is O=C(O)CN(C(=O)c1ccc(I)c(O)c1)c1ccccc1. The standard InChI is InChI=1S/C15H12INO4/c16-12-7-6-10(8-13(12)18)15(21)17(9-14(19)20)11-4-2-1-3-5-11/h1-8,18H,9H2,(H,19,20). The van der Waals surface area contributed by atoms with Crippen molar-refractivity contribution in [1.82, 2.24) is 0 Å². The number of nitrogens with zero attached hydrogens (tertiary/aromatic N) is 1. The third kappa shape index (κ3) is 3.72. The Hall–Kier alpha value is -2.09. The number of benzene rings is 2. The van der Waals surface area contributed by atoms with Gasteiger partial charge < -0.3 is 10.2 Å². The van der Waals surface area contributed by atoms with E-state index >= 15 is 0 Å². The summed E-state index contributed by atoms with van der Waals surface area (Å²) in [6, 6.07) is 13.0. The lowest BCUT2D eigenvalue weighted by Crippen LogP contribution is -2.35. The number of anilines is 1. The molecule has 2 N–H and O–H groups in total. The molecule has 6 heteroatoms. The van der Waals surface area contributed by atoms with Crippen LogP contribution in [0.3, 0.4) is 0 Å². The van der Waals surface area contributed by atoms with Crippen LogP contribution >= 0.6 is 22.6 Å². The predicted octanol–water partition coefficient (Wildman–Crippen LogP) is 2.73. The van der Waals surface area contributed by atoms with Crippen LogP contribution in [0.15, 0.2) is 48.5 Å². The minimum absolute atomic E-state index is 0.00946. The topological polar surface area (TPSA) is 77.8 Å². The Kier molecular flexibility index (Phi) is 4.79. The van der Waals surface area contributed by atoms with Crippen molar-refractivity contribution in [1.29, 1.82) is 0 Å². The summed E-state index contributed by atoms with van der Waals surface area (Å²) < 4.78 is 0.619. The van der Waals surface area contributed by atoms with Crippen LogP contribution in [-0.2, 0) is 4.79 Å². The molecule has 2 rings (SSSR count). The van der Waals surface area contributed by atoms with Gasteiger partial charge in [0, 0.05) is 11.3 Å². The summed E-state index contributed by atoms with van der Waals surface area (Å²) in [5.74, 6) is -1.60. The largest absolute Gasteiger partial charge is 0.507 e. The van der Waals surface area contributed by atoms with Crippen LogP contribution in [-0.4, -0.2) is 28.6 Å². The van der Waals surface area contributed by atoms with Crippen molar-refractivity contribution in [3.8, 4) is 5.75 Å². The van der Waals surface area contributed by atoms with Crippen LogP contribution in [0.25, 0.3) is 0 Å². The van der Waals surface area contributed by atoms with Gasteiger partial charge in [-0.05, 0) is 52.9 Å². The van der Waals surface area contributed by atoms with Crippen molar-refractivity contribution in [3.05, 3.63) is 57.7 Å². The van der Waals surface area contributed by atoms with Crippen LogP contribution in [0.5, 0.6) is 5.75 Å². The first-order chi connectivity index (χ1) is 9.99. The second-order valence-electron chi connectivity index (χ2n) is 4.29. The van der Waals surface area contributed by atoms with E-state index in [4.69, 9.17) is 5.11 Å². The van der Waals surface area contributed by atoms with Crippen LogP contribution in [0.4, 0.5) is 5.69 Å². The van der Waals surface area contributed by atoms with Gasteiger partial charge in [0.1, 0.15) is 12.3 Å². The monoisotopic (exact) mass is 397 g/mol. The number of aliphatic carboxylic acids is 1. The third-order valence-corrected chi connectivity index (χ3v) is 3.71. The Morgan fingerprint density at radius 2 is 1.76 bits per heavy atom. The molecule has 0 aliphatic carbocycles. The molecule has 1 amide bonds. The summed E-state index contributed by atoms with van der Waals surface area (Å²) >= 11 is 1.94. The lowest BCUT2D eigenvalue weighted by molar-refractivity contribution is -0.135. The number of phenols is 1. The number of aromatic hydroxyl groups is 1. The van der Waals surface area contributed by atoms with Crippen LogP contribution in [0.2, 0.25) is 0 Å². The van der Waals surface area contributed by atoms with Gasteiger partial charge in [-0.2, -0.15) is 0 Å². The molecule has 0 fully saturated rings. The minimum atomic E-state index is -1.11. The van der Waals surface area contributed by atoms with Gasteiger partial charge in [0.25, 0.3) is 5.91 Å². The molecule has 0 aliphatic rings. The van der Waals surface area contributed by atoms with E-state index in [1.165, 1.54) is 6.07 Å². The number of hydrogen-bond donors (Lipinski definition) is 2. The number of phenolic OH excluding ortho intramolecular Hbond substituents is 1. The molecule has 108 valence electrons. The summed E-state index contributed by atoms with van der Waals surface area (Å²) in [5, 5.41) is 18.7. The molecular formula is C15H12INO4. The van der Waals surface area contributed by atoms with Gasteiger partial charge in [0.2, 0.25) is 0 Å². The maximum absolute atomic E-state index is 12.5. The van der Waals surface area contributed by atoms with Crippen molar-refractivity contribution in [2.75, 3.05) is 11.4 Å². The van der Waals surface area contributed by atoms with E-state index < -0.39 is 18.4 Å². The number of rotatable bonds is 4. The molecule has 0 saturated heterocycles. The molecular weight excluding hydrogens is 385 g/mol. The number of amides is 1. The van der Waals surface area contributed by atoms with E-state index in [1.807, 2.05) is 22.6 Å². The Bertz CT molecular complexity index is 673. The van der Waals surface area contributed by atoms with Gasteiger partial charge in [-0.3, -0.25) is 14.5 Å². The highest BCUT2D eigenvalue weighted by Crippen LogP contribution is 2.23. The number of carbonyl (C=O) groups excluding carboxylic acids is 1. The van der Waals surface area contributed by atoms with Crippen molar-refractivity contribution in [2.45, 2.75) is 0 Å². The van der Waals surface area contributed by atoms with E-state index in [-0.39, 0.29) is 11.3 Å². The van der Waals surface area contributed by atoms with Crippen LogP contribution in [0.1, 0.15) is 10.4 Å². The quantitative estimate of drug-likeness (QED) is 0.778. The van der Waals surface area contributed by atoms with Crippen molar-refractivity contribution in [3.63, 3.8) is 0 Å². The van der Waals surface area contributed by atoms with E-state index in [2.05, 4.69) is 0 Å². The smallest absolute Gasteiger partial charge is 0.323 e. The van der Waals surface area contributed by atoms with Gasteiger partial charge in [0.15, 0.2) is 0 Å². The number of carbonyl (C=O) groups is 2. The van der Waals surface area contributed by atoms with Crippen LogP contribution < -0.4 is 4.90 Å². The molecule has 0 atom stereocenters. The lowest BCUT2D eigenvalue weighted by atomic mass is 10.1. The highest BCUT2D eigenvalue weighted by Gasteiger charge is 2.21. The normalized spacial score (nSPS) is 10.1. The Labute approximate surface area is 135 Å². The maximum atomic E-state index is 12.5. The van der Waals surface area contributed by atoms with Crippen LogP contribution in [0, 0.1) is 3.57 Å². The zero-order chi connectivity index (χ0) is 15.4. The molecule has 0 heterocycles. The Balaban J connectivity index is 2.38. The van der Waals surface area contributed by atoms with Crippen molar-refractivity contribution < 1.29 is 19.8 Å². The van der Waals surface area contributed by atoms with E-state index in [0.29, 0.717) is 9.26 Å². The predicted molar refractivity (Wildman–Crippen MR) is 86.6 cm³/mol. The molecule has 0 spiro atoms. The number of carboxylic acid groups (broad SMARTS) is 1. The number of para-hydroxylation sites is 1. The van der Waals surface area contributed by atoms with Gasteiger partial charge in [0.05, 0.1) is 3.57 Å². The second-order valence-corrected chi connectivity index (χ2v) is 5.45. The van der Waals surface area contributed by atoms with E-state index in [0.717, 1.165) is 4.90 Å². The fraction of sp³-hybridized carbons (Fsp3) is 0.0667. The molecule has 2 aromatic rings. The number of halogens is 1. The Morgan fingerprint density at radius 1 is 1.10 bits per heavy atom. The number of hydrogen-bond acceptors (Lipinski definition) is 3. The lowest BCUT2D eigenvalue weighted by Gasteiger charge is -2.21. The zero-order valence-corrected chi connectivity index (χ0v) is 13.0. The highest BCUT2D eigenvalue weighted by molar-refractivity contribution is 14.1. The molecule has 0 aromatic heterocycles. The van der Waals surface area contributed by atoms with Crippen molar-refractivity contribution in [2.24, 2.45) is 0 Å². The molecule has 21 heavy (non-hydrogen) atoms. The summed E-state index contributed by atoms with van der Waals surface area (Å²) in [6.07, 6.45) is 0. The molecule has 0 saturated carbocycles. The van der Waals surface area contributed by atoms with Crippen molar-refractivity contribution >= 4 is 40.2 Å². The fourth-order valence-electron chi connectivity index (χ4n) is 1.83. The van der Waals surface area contributed by atoms with Gasteiger partial charge in [-0.1, -0.05) is 18.2 Å². The van der Waals surface area contributed by atoms with E-state index in [9.17, 15) is 14.7 Å². The average Bonchev–Trinajstić information content (AvgIpc) is 2.47. The van der Waals surface area contributed by atoms with E-state index in [1.54, 1.807) is 42.5 Å². The minimum Gasteiger partial charge on any atom is -0.507 e. The first kappa shape index (κ1) is 15.3. The average molecular weight is 397 g/mol. The molecule has 0 aliphatic heterocycles. The maximum Gasteiger partial charge on any atom is 0.323 e. The summed E-state index contributed by atoms with van der Waals surface area (Å²) in [4.78, 5) is 24.6. The highest BCUT2D eigenvalue weighted by atomic mass is 127. The Morgan fingerprint density at radius 3 is 2.33 bits per heavy atom. The molecule has 0 bridgehead atoms. The molecule has 0 radical (unpaired) electrons. The first-order valence-electron chi connectivity index (χ1n) is 6.06. The van der Waals surface area contributed by atoms with Gasteiger partial charge in [-0.15, -0.1) is 0 Å². The van der Waals surface area contributed by atoms with Gasteiger partial charge in [-0.25, -0.2) is 0 Å². The molecule has 0 unspecified atom stereocenters. The second kappa shape index (κ2) is 6.57. The first-order valence-corrected chi connectivity index (χ1v) is 7.14. The zero-order valence-electron chi connectivity index (χ0n) is 10.9. The number of carboxylic acids is 1. The molecule has 5 nitrogen and oxygen atoms in total. The third-order valence-electron chi connectivity index (χ3n) is 2.80. The van der Waals surface area contributed by atoms with Gasteiger partial charge >= 0.3 is 5.97 Å². The summed E-state index contributed by atoms with van der Waals surface area (Å²) in [7, 11) is 0. The fourth-order valence-corrected chi connectivity index (χ4v) is 2.16. The molecule has 2 aromatic carbocycles. The summed E-state index contributed by atoms with van der Waals surface area (Å²) in [5.41, 5.74) is 0.723.